The molecule has 1 aromatic rings. The molecular weight excluding hydrogens is 208 g/mol. The minimum absolute atomic E-state index is 0.0337. The Labute approximate surface area is 93.7 Å². The molecule has 0 aromatic carbocycles. The van der Waals surface area contributed by atoms with E-state index in [-0.39, 0.29) is 23.3 Å². The fraction of sp³-hybridized carbons (Fsp3) is 0.364. The number of pyridine rings is 1. The molecule has 0 saturated heterocycles. The topological polar surface area (TPSA) is 70.5 Å². The van der Waals surface area contributed by atoms with E-state index < -0.39 is 5.97 Å². The van der Waals surface area contributed by atoms with E-state index in [2.05, 4.69) is 4.98 Å². The van der Waals surface area contributed by atoms with Crippen molar-refractivity contribution < 1.29 is 14.7 Å². The first-order valence-electron chi connectivity index (χ1n) is 4.93. The normalized spacial score (nSPS) is 10.2. The van der Waals surface area contributed by atoms with Gasteiger partial charge in [-0.1, -0.05) is 0 Å². The number of aromatic nitrogens is 1. The third-order valence-corrected chi connectivity index (χ3v) is 2.10. The van der Waals surface area contributed by atoms with E-state index in [9.17, 15) is 9.59 Å². The molecule has 1 heterocycles. The Morgan fingerprint density at radius 3 is 2.50 bits per heavy atom. The van der Waals surface area contributed by atoms with Gasteiger partial charge in [0.2, 0.25) is 5.91 Å². The summed E-state index contributed by atoms with van der Waals surface area (Å²) in [7, 11) is 0. The van der Waals surface area contributed by atoms with Gasteiger partial charge in [-0.2, -0.15) is 0 Å². The molecule has 0 unspecified atom stereocenters. The average Bonchev–Trinajstić information content (AvgIpc) is 2.17. The second-order valence-electron chi connectivity index (χ2n) is 3.66. The van der Waals surface area contributed by atoms with E-state index in [4.69, 9.17) is 5.11 Å². The molecule has 0 atom stereocenters. The minimum Gasteiger partial charge on any atom is -0.478 e. The maximum atomic E-state index is 11.5. The summed E-state index contributed by atoms with van der Waals surface area (Å²) in [6.45, 7) is 5.00. The SMILES string of the molecule is CC(=O)N(c1ncccc1C(=O)O)C(C)C. The largest absolute Gasteiger partial charge is 0.478 e. The van der Waals surface area contributed by atoms with Crippen LogP contribution in [0.5, 0.6) is 0 Å². The van der Waals surface area contributed by atoms with E-state index in [1.165, 1.54) is 30.2 Å². The molecule has 1 aromatic heterocycles. The molecule has 1 amide bonds. The minimum atomic E-state index is -1.09. The maximum absolute atomic E-state index is 11.5. The number of carbonyl (C=O) groups excluding carboxylic acids is 1. The summed E-state index contributed by atoms with van der Waals surface area (Å²) >= 11 is 0. The third-order valence-electron chi connectivity index (χ3n) is 2.10. The van der Waals surface area contributed by atoms with Crippen LogP contribution in [-0.2, 0) is 4.79 Å². The summed E-state index contributed by atoms with van der Waals surface area (Å²) in [6.07, 6.45) is 1.47. The molecule has 86 valence electrons. The van der Waals surface area contributed by atoms with Crippen LogP contribution in [0, 0.1) is 0 Å². The quantitative estimate of drug-likeness (QED) is 0.842. The Morgan fingerprint density at radius 1 is 1.44 bits per heavy atom. The summed E-state index contributed by atoms with van der Waals surface area (Å²) in [5.74, 6) is -1.12. The number of anilines is 1. The first kappa shape index (κ1) is 12.2. The Kier molecular flexibility index (Phi) is 3.60. The van der Waals surface area contributed by atoms with Gasteiger partial charge in [-0.25, -0.2) is 9.78 Å². The number of amides is 1. The highest BCUT2D eigenvalue weighted by Crippen LogP contribution is 2.19. The summed E-state index contributed by atoms with van der Waals surface area (Å²) in [4.78, 5) is 27.8. The molecule has 16 heavy (non-hydrogen) atoms. The number of hydrogen-bond acceptors (Lipinski definition) is 3. The highest BCUT2D eigenvalue weighted by Gasteiger charge is 2.22. The van der Waals surface area contributed by atoms with Crippen molar-refractivity contribution in [2.24, 2.45) is 0 Å². The fourth-order valence-corrected chi connectivity index (χ4v) is 1.51. The lowest BCUT2D eigenvalue weighted by atomic mass is 10.2. The summed E-state index contributed by atoms with van der Waals surface area (Å²) in [6, 6.07) is 2.83. The summed E-state index contributed by atoms with van der Waals surface area (Å²) in [5, 5.41) is 9.00. The van der Waals surface area contributed by atoms with Gasteiger partial charge >= 0.3 is 5.97 Å². The number of carboxylic acid groups (broad SMARTS) is 1. The molecule has 5 nitrogen and oxygen atoms in total. The van der Waals surface area contributed by atoms with Crippen molar-refractivity contribution in [3.63, 3.8) is 0 Å². The van der Waals surface area contributed by atoms with Crippen LogP contribution in [0.15, 0.2) is 18.3 Å². The van der Waals surface area contributed by atoms with E-state index >= 15 is 0 Å². The van der Waals surface area contributed by atoms with Crippen LogP contribution in [0.4, 0.5) is 5.82 Å². The van der Waals surface area contributed by atoms with Gasteiger partial charge in [0.15, 0.2) is 0 Å². The predicted molar refractivity (Wildman–Crippen MR) is 59.5 cm³/mol. The lowest BCUT2D eigenvalue weighted by Gasteiger charge is -2.25. The van der Waals surface area contributed by atoms with E-state index in [1.54, 1.807) is 0 Å². The average molecular weight is 222 g/mol. The number of carboxylic acids is 1. The Balaban J connectivity index is 3.29. The molecule has 0 spiro atoms. The fourth-order valence-electron chi connectivity index (χ4n) is 1.51. The van der Waals surface area contributed by atoms with Crippen molar-refractivity contribution in [3.8, 4) is 0 Å². The molecule has 1 rings (SSSR count). The van der Waals surface area contributed by atoms with Gasteiger partial charge in [-0.15, -0.1) is 0 Å². The van der Waals surface area contributed by atoms with E-state index in [1.807, 2.05) is 13.8 Å². The van der Waals surface area contributed by atoms with Crippen molar-refractivity contribution in [2.75, 3.05) is 4.90 Å². The third kappa shape index (κ3) is 2.36. The van der Waals surface area contributed by atoms with Crippen molar-refractivity contribution in [2.45, 2.75) is 26.8 Å². The van der Waals surface area contributed by atoms with Crippen LogP contribution < -0.4 is 4.90 Å². The van der Waals surface area contributed by atoms with Crippen LogP contribution in [0.2, 0.25) is 0 Å². The summed E-state index contributed by atoms with van der Waals surface area (Å²) < 4.78 is 0. The zero-order chi connectivity index (χ0) is 12.3. The van der Waals surface area contributed by atoms with Crippen molar-refractivity contribution >= 4 is 17.7 Å². The molecule has 0 aliphatic rings. The van der Waals surface area contributed by atoms with Crippen molar-refractivity contribution in [1.29, 1.82) is 0 Å². The van der Waals surface area contributed by atoms with Crippen molar-refractivity contribution in [1.82, 2.24) is 4.98 Å². The first-order valence-corrected chi connectivity index (χ1v) is 4.93. The molecule has 0 fully saturated rings. The number of aromatic carboxylic acids is 1. The van der Waals surface area contributed by atoms with E-state index in [0.29, 0.717) is 0 Å². The zero-order valence-corrected chi connectivity index (χ0v) is 9.47. The number of hydrogen-bond donors (Lipinski definition) is 1. The van der Waals surface area contributed by atoms with Gasteiger partial charge < -0.3 is 5.11 Å². The van der Waals surface area contributed by atoms with Gasteiger partial charge in [-0.3, -0.25) is 9.69 Å². The molecule has 0 aliphatic heterocycles. The van der Waals surface area contributed by atoms with Crippen LogP contribution in [0.3, 0.4) is 0 Å². The van der Waals surface area contributed by atoms with E-state index in [0.717, 1.165) is 0 Å². The van der Waals surface area contributed by atoms with Crippen LogP contribution in [-0.4, -0.2) is 28.0 Å². The van der Waals surface area contributed by atoms with Crippen LogP contribution >= 0.6 is 0 Å². The van der Waals surface area contributed by atoms with Gasteiger partial charge in [0.25, 0.3) is 0 Å². The van der Waals surface area contributed by atoms with Gasteiger partial charge in [-0.05, 0) is 26.0 Å². The summed E-state index contributed by atoms with van der Waals surface area (Å²) in [5.41, 5.74) is 0.0337. The number of nitrogens with zero attached hydrogens (tertiary/aromatic N) is 2. The zero-order valence-electron chi connectivity index (χ0n) is 9.47. The van der Waals surface area contributed by atoms with Gasteiger partial charge in [0.05, 0.1) is 0 Å². The first-order chi connectivity index (χ1) is 7.45. The second kappa shape index (κ2) is 4.74. The Morgan fingerprint density at radius 2 is 2.06 bits per heavy atom. The molecule has 0 aliphatic carbocycles. The Bertz CT molecular complexity index is 415. The molecule has 1 N–H and O–H groups in total. The molecule has 0 radical (unpaired) electrons. The second-order valence-corrected chi connectivity index (χ2v) is 3.66. The lowest BCUT2D eigenvalue weighted by Crippen LogP contribution is -2.37. The molecule has 0 saturated carbocycles. The van der Waals surface area contributed by atoms with Gasteiger partial charge in [0.1, 0.15) is 11.4 Å². The maximum Gasteiger partial charge on any atom is 0.339 e. The molecule has 5 heteroatoms. The Hall–Kier alpha value is -1.91. The number of rotatable bonds is 3. The highest BCUT2D eigenvalue weighted by atomic mass is 16.4. The standard InChI is InChI=1S/C11H14N2O3/c1-7(2)13(8(3)14)10-9(11(15)16)5-4-6-12-10/h4-7H,1-3H3,(H,15,16). The molecule has 0 bridgehead atoms. The predicted octanol–water partition coefficient (Wildman–Crippen LogP) is 1.54. The smallest absolute Gasteiger partial charge is 0.339 e. The lowest BCUT2D eigenvalue weighted by molar-refractivity contribution is -0.116. The number of carbonyl (C=O) groups is 2. The van der Waals surface area contributed by atoms with Gasteiger partial charge in [0, 0.05) is 19.2 Å². The highest BCUT2D eigenvalue weighted by molar-refractivity contribution is 6.00. The molecular formula is C11H14N2O3. The monoisotopic (exact) mass is 222 g/mol. The van der Waals surface area contributed by atoms with Crippen LogP contribution in [0.25, 0.3) is 0 Å². The van der Waals surface area contributed by atoms with Crippen LogP contribution in [0.1, 0.15) is 31.1 Å². The van der Waals surface area contributed by atoms with Crippen molar-refractivity contribution in [3.05, 3.63) is 23.9 Å².